The van der Waals surface area contributed by atoms with Gasteiger partial charge >= 0.3 is 0 Å². The Morgan fingerprint density at radius 3 is 2.86 bits per heavy atom. The van der Waals surface area contributed by atoms with Gasteiger partial charge < -0.3 is 10.8 Å². The zero-order valence-electron chi connectivity index (χ0n) is 7.50. The largest absolute Gasteiger partial charge is 0.506 e. The number of benzene rings is 1. The van der Waals surface area contributed by atoms with Gasteiger partial charge in [-0.05, 0) is 28.4 Å². The first-order chi connectivity index (χ1) is 6.57. The summed E-state index contributed by atoms with van der Waals surface area (Å²) in [5.74, 6) is -0.642. The van der Waals surface area contributed by atoms with E-state index in [-0.39, 0.29) is 16.3 Å². The third kappa shape index (κ3) is 2.13. The van der Waals surface area contributed by atoms with Crippen LogP contribution in [-0.4, -0.2) is 5.11 Å². The molecule has 0 amide bonds. The molecule has 76 valence electrons. The maximum atomic E-state index is 12.9. The third-order valence-corrected chi connectivity index (χ3v) is 2.67. The lowest BCUT2D eigenvalue weighted by Gasteiger charge is -2.12. The first-order valence-corrected chi connectivity index (χ1v) is 4.90. The van der Waals surface area contributed by atoms with Crippen LogP contribution in [0.2, 0.25) is 0 Å². The molecule has 1 rings (SSSR count). The van der Waals surface area contributed by atoms with Gasteiger partial charge in [0.05, 0.1) is 4.47 Å². The molecule has 0 fully saturated rings. The van der Waals surface area contributed by atoms with Crippen LogP contribution in [0.4, 0.5) is 4.39 Å². The summed E-state index contributed by atoms with van der Waals surface area (Å²) in [6, 6.07) is 2.38. The lowest BCUT2D eigenvalue weighted by molar-refractivity contribution is 0.450. The summed E-state index contributed by atoms with van der Waals surface area (Å²) in [5.41, 5.74) is 6.26. The van der Waals surface area contributed by atoms with Crippen molar-refractivity contribution < 1.29 is 9.50 Å². The lowest BCUT2D eigenvalue weighted by atomic mass is 10.0. The van der Waals surface area contributed by atoms with Gasteiger partial charge in [-0.15, -0.1) is 6.58 Å². The van der Waals surface area contributed by atoms with Crippen molar-refractivity contribution in [1.82, 2.24) is 0 Å². The summed E-state index contributed by atoms with van der Waals surface area (Å²) in [6.07, 6.45) is 2.19. The standard InChI is InChI=1S/C10H11BrFNO/c1-2-3-8(13)6-4-5-7(12)9(11)10(6)14/h2,4-5,8,14H,1,3,13H2/t8-/m1/s1. The quantitative estimate of drug-likeness (QED) is 0.821. The molecule has 1 aromatic carbocycles. The van der Waals surface area contributed by atoms with Gasteiger partial charge in [-0.2, -0.15) is 0 Å². The maximum absolute atomic E-state index is 12.9. The zero-order chi connectivity index (χ0) is 10.7. The van der Waals surface area contributed by atoms with E-state index in [0.29, 0.717) is 12.0 Å². The molecule has 1 atom stereocenters. The molecule has 0 saturated heterocycles. The van der Waals surface area contributed by atoms with Crippen molar-refractivity contribution in [2.24, 2.45) is 5.73 Å². The average molecular weight is 260 g/mol. The Bertz CT molecular complexity index is 354. The first kappa shape index (κ1) is 11.2. The predicted molar refractivity (Wildman–Crippen MR) is 57.5 cm³/mol. The SMILES string of the molecule is C=CC[C@@H](N)c1ccc(F)c(Br)c1O. The molecular formula is C10H11BrFNO. The fourth-order valence-electron chi connectivity index (χ4n) is 1.16. The summed E-state index contributed by atoms with van der Waals surface area (Å²) in [4.78, 5) is 0. The smallest absolute Gasteiger partial charge is 0.141 e. The predicted octanol–water partition coefficient (Wildman–Crippen LogP) is 2.87. The van der Waals surface area contributed by atoms with Crippen LogP contribution in [0.5, 0.6) is 5.75 Å². The summed E-state index contributed by atoms with van der Waals surface area (Å²) in [7, 11) is 0. The Balaban J connectivity index is 3.10. The first-order valence-electron chi connectivity index (χ1n) is 4.11. The Morgan fingerprint density at radius 2 is 2.29 bits per heavy atom. The Kier molecular flexibility index (Phi) is 3.66. The van der Waals surface area contributed by atoms with Crippen LogP contribution in [0.25, 0.3) is 0 Å². The van der Waals surface area contributed by atoms with Gasteiger partial charge in [-0.1, -0.05) is 12.1 Å². The van der Waals surface area contributed by atoms with E-state index >= 15 is 0 Å². The van der Waals surface area contributed by atoms with Gasteiger partial charge in [0, 0.05) is 11.6 Å². The third-order valence-electron chi connectivity index (χ3n) is 1.92. The van der Waals surface area contributed by atoms with Crippen molar-refractivity contribution in [3.8, 4) is 5.75 Å². The molecule has 0 aliphatic rings. The van der Waals surface area contributed by atoms with Gasteiger partial charge in [-0.25, -0.2) is 4.39 Å². The molecule has 0 spiro atoms. The number of phenols is 1. The van der Waals surface area contributed by atoms with Crippen LogP contribution < -0.4 is 5.73 Å². The molecule has 1 aromatic rings. The molecule has 2 nitrogen and oxygen atoms in total. The molecular weight excluding hydrogens is 249 g/mol. The average Bonchev–Trinajstić information content (AvgIpc) is 2.15. The number of aromatic hydroxyl groups is 1. The van der Waals surface area contributed by atoms with Crippen molar-refractivity contribution in [3.05, 3.63) is 40.6 Å². The molecule has 0 radical (unpaired) electrons. The van der Waals surface area contributed by atoms with Crippen molar-refractivity contribution in [2.75, 3.05) is 0 Å². The summed E-state index contributed by atoms with van der Waals surface area (Å²) >= 11 is 2.94. The fraction of sp³-hybridized carbons (Fsp3) is 0.200. The number of halogens is 2. The van der Waals surface area contributed by atoms with Gasteiger partial charge in [0.25, 0.3) is 0 Å². The van der Waals surface area contributed by atoms with Gasteiger partial charge in [0.15, 0.2) is 0 Å². The molecule has 0 bridgehead atoms. The molecule has 3 N–H and O–H groups in total. The second kappa shape index (κ2) is 4.57. The molecule has 4 heteroatoms. The van der Waals surface area contributed by atoms with Gasteiger partial charge in [0.1, 0.15) is 11.6 Å². The molecule has 0 aliphatic heterocycles. The summed E-state index contributed by atoms with van der Waals surface area (Å²) in [6.45, 7) is 3.55. The molecule has 14 heavy (non-hydrogen) atoms. The highest BCUT2D eigenvalue weighted by atomic mass is 79.9. The second-order valence-corrected chi connectivity index (χ2v) is 3.72. The van der Waals surface area contributed by atoms with E-state index in [1.807, 2.05) is 0 Å². The van der Waals surface area contributed by atoms with Crippen LogP contribution in [0.1, 0.15) is 18.0 Å². The lowest BCUT2D eigenvalue weighted by Crippen LogP contribution is -2.09. The van der Waals surface area contributed by atoms with Crippen LogP contribution in [0, 0.1) is 5.82 Å². The van der Waals surface area contributed by atoms with Gasteiger partial charge in [-0.3, -0.25) is 0 Å². The molecule has 0 saturated carbocycles. The minimum absolute atomic E-state index is 0.0505. The fourth-order valence-corrected chi connectivity index (χ4v) is 1.52. The van der Waals surface area contributed by atoms with E-state index in [4.69, 9.17) is 5.73 Å². The normalized spacial score (nSPS) is 12.5. The second-order valence-electron chi connectivity index (χ2n) is 2.93. The van der Waals surface area contributed by atoms with Crippen molar-refractivity contribution >= 4 is 15.9 Å². The molecule has 0 heterocycles. The summed E-state index contributed by atoms with van der Waals surface area (Å²) < 4.78 is 13.0. The highest BCUT2D eigenvalue weighted by Crippen LogP contribution is 2.34. The minimum Gasteiger partial charge on any atom is -0.506 e. The van der Waals surface area contributed by atoms with E-state index in [1.165, 1.54) is 12.1 Å². The Labute approximate surface area is 90.4 Å². The highest BCUT2D eigenvalue weighted by molar-refractivity contribution is 9.10. The van der Waals surface area contributed by atoms with E-state index in [2.05, 4.69) is 22.5 Å². The van der Waals surface area contributed by atoms with Crippen molar-refractivity contribution in [1.29, 1.82) is 0 Å². The van der Waals surface area contributed by atoms with E-state index < -0.39 is 5.82 Å². The van der Waals surface area contributed by atoms with Crippen LogP contribution >= 0.6 is 15.9 Å². The Morgan fingerprint density at radius 1 is 1.64 bits per heavy atom. The zero-order valence-corrected chi connectivity index (χ0v) is 9.09. The van der Waals surface area contributed by atoms with Crippen molar-refractivity contribution in [2.45, 2.75) is 12.5 Å². The Hall–Kier alpha value is -0.870. The maximum Gasteiger partial charge on any atom is 0.141 e. The van der Waals surface area contributed by atoms with E-state index in [1.54, 1.807) is 6.08 Å². The van der Waals surface area contributed by atoms with Crippen LogP contribution in [-0.2, 0) is 0 Å². The molecule has 0 unspecified atom stereocenters. The number of nitrogens with two attached hydrogens (primary N) is 1. The topological polar surface area (TPSA) is 46.2 Å². The number of rotatable bonds is 3. The minimum atomic E-state index is -0.503. The van der Waals surface area contributed by atoms with Crippen molar-refractivity contribution in [3.63, 3.8) is 0 Å². The van der Waals surface area contributed by atoms with Crippen LogP contribution in [0.3, 0.4) is 0 Å². The highest BCUT2D eigenvalue weighted by Gasteiger charge is 2.14. The van der Waals surface area contributed by atoms with Gasteiger partial charge in [0.2, 0.25) is 0 Å². The molecule has 0 aliphatic carbocycles. The monoisotopic (exact) mass is 259 g/mol. The van der Waals surface area contributed by atoms with Crippen LogP contribution in [0.15, 0.2) is 29.3 Å². The van der Waals surface area contributed by atoms with E-state index in [0.717, 1.165) is 0 Å². The summed E-state index contributed by atoms with van der Waals surface area (Å²) in [5, 5.41) is 9.57. The number of hydrogen-bond acceptors (Lipinski definition) is 2. The molecule has 0 aromatic heterocycles. The number of hydrogen-bond donors (Lipinski definition) is 2. The number of phenolic OH excluding ortho intramolecular Hbond substituents is 1. The van der Waals surface area contributed by atoms with E-state index in [9.17, 15) is 9.50 Å².